The molecule has 2 saturated carbocycles. The zero-order valence-electron chi connectivity index (χ0n) is 18.6. The summed E-state index contributed by atoms with van der Waals surface area (Å²) >= 11 is 0. The van der Waals surface area contributed by atoms with Crippen molar-refractivity contribution in [2.75, 3.05) is 18.5 Å². The molecule has 5 atom stereocenters. The molecule has 30 heavy (non-hydrogen) atoms. The Morgan fingerprint density at radius 1 is 1.17 bits per heavy atom. The van der Waals surface area contributed by atoms with E-state index >= 15 is 0 Å². The topological polar surface area (TPSA) is 61.7 Å². The molecule has 0 amide bonds. The average Bonchev–Trinajstić information content (AvgIpc) is 3.22. The normalized spacial score (nSPS) is 29.4. The first-order valence-corrected chi connectivity index (χ1v) is 12.1. The predicted molar refractivity (Wildman–Crippen MR) is 124 cm³/mol. The summed E-state index contributed by atoms with van der Waals surface area (Å²) in [5, 5.41) is 24.9. The second kappa shape index (κ2) is 11.9. The molecule has 0 spiro atoms. The van der Waals surface area contributed by atoms with Gasteiger partial charge in [-0.2, -0.15) is 0 Å². The number of aliphatic hydroxyl groups excluding tert-OH is 1. The van der Waals surface area contributed by atoms with Crippen LogP contribution >= 0.6 is 0 Å². The van der Waals surface area contributed by atoms with Crippen molar-refractivity contribution in [3.05, 3.63) is 42.5 Å². The van der Waals surface area contributed by atoms with Gasteiger partial charge in [-0.05, 0) is 56.6 Å². The monoisotopic (exact) mass is 415 g/mol. The summed E-state index contributed by atoms with van der Waals surface area (Å²) in [6.07, 6.45) is 14.0. The predicted octanol–water partition coefficient (Wildman–Crippen LogP) is 5.31. The lowest BCUT2D eigenvalue weighted by molar-refractivity contribution is -0.0213. The fourth-order valence-electron chi connectivity index (χ4n) is 5.21. The molecule has 0 saturated heterocycles. The minimum absolute atomic E-state index is 0.159. The van der Waals surface area contributed by atoms with Crippen molar-refractivity contribution in [1.82, 2.24) is 0 Å². The van der Waals surface area contributed by atoms with Crippen molar-refractivity contribution < 1.29 is 14.9 Å². The van der Waals surface area contributed by atoms with Gasteiger partial charge in [0, 0.05) is 31.2 Å². The minimum atomic E-state index is -0.640. The molecule has 2 aliphatic rings. The summed E-state index contributed by atoms with van der Waals surface area (Å²) in [5.41, 5.74) is 0.526. The largest absolute Gasteiger partial charge is 0.389 e. The molecule has 4 nitrogen and oxygen atoms in total. The highest BCUT2D eigenvalue weighted by atomic mass is 16.5. The van der Waals surface area contributed by atoms with Gasteiger partial charge in [0.05, 0.1) is 17.8 Å². The van der Waals surface area contributed by atoms with Crippen molar-refractivity contribution in [2.45, 2.75) is 88.9 Å². The van der Waals surface area contributed by atoms with Crippen LogP contribution in [0.1, 0.15) is 71.1 Å². The Balaban J connectivity index is 1.34. The number of para-hydroxylation sites is 1. The van der Waals surface area contributed by atoms with Crippen molar-refractivity contribution >= 4 is 5.69 Å². The third-order valence-electron chi connectivity index (χ3n) is 6.97. The second-order valence-electron chi connectivity index (χ2n) is 9.25. The summed E-state index contributed by atoms with van der Waals surface area (Å²) in [5.74, 6) is 0.501. The van der Waals surface area contributed by atoms with Crippen molar-refractivity contribution in [3.63, 3.8) is 0 Å². The lowest BCUT2D eigenvalue weighted by Gasteiger charge is -2.28. The van der Waals surface area contributed by atoms with Gasteiger partial charge < -0.3 is 20.3 Å². The number of hydrogen-bond donors (Lipinski definition) is 3. The van der Waals surface area contributed by atoms with Crippen LogP contribution in [-0.4, -0.2) is 41.2 Å². The summed E-state index contributed by atoms with van der Waals surface area (Å²) in [6.45, 7) is 3.90. The molecular formula is C26H41NO3. The molecular weight excluding hydrogens is 374 g/mol. The first-order chi connectivity index (χ1) is 14.6. The highest BCUT2D eigenvalue weighted by Gasteiger charge is 2.54. The van der Waals surface area contributed by atoms with Crippen LogP contribution in [0.5, 0.6) is 0 Å². The summed E-state index contributed by atoms with van der Waals surface area (Å²) < 4.78 is 6.13. The van der Waals surface area contributed by atoms with E-state index in [-0.39, 0.29) is 18.1 Å². The van der Waals surface area contributed by atoms with Gasteiger partial charge in [-0.25, -0.2) is 0 Å². The minimum Gasteiger partial charge on any atom is -0.389 e. The number of aliphatic hydroxyl groups is 2. The van der Waals surface area contributed by atoms with E-state index in [1.54, 1.807) is 0 Å². The second-order valence-corrected chi connectivity index (χ2v) is 9.25. The van der Waals surface area contributed by atoms with Gasteiger partial charge in [0.25, 0.3) is 0 Å². The van der Waals surface area contributed by atoms with Crippen LogP contribution in [0.25, 0.3) is 0 Å². The SMILES string of the molecule is CCCCCC(O)C=C[C@H]1CC[C@@H]2CC(OCCCCNc3ccccc3)C[C@]21O. The lowest BCUT2D eigenvalue weighted by atomic mass is 9.86. The molecule has 3 rings (SSSR count). The Hall–Kier alpha value is -1.36. The Morgan fingerprint density at radius 3 is 2.80 bits per heavy atom. The van der Waals surface area contributed by atoms with Crippen LogP contribution in [0.4, 0.5) is 5.69 Å². The fourth-order valence-corrected chi connectivity index (χ4v) is 5.21. The van der Waals surface area contributed by atoms with E-state index in [1.807, 2.05) is 24.3 Å². The zero-order valence-corrected chi connectivity index (χ0v) is 18.6. The Morgan fingerprint density at radius 2 is 2.00 bits per heavy atom. The van der Waals surface area contributed by atoms with E-state index < -0.39 is 5.60 Å². The van der Waals surface area contributed by atoms with Crippen LogP contribution in [0.2, 0.25) is 0 Å². The highest BCUT2D eigenvalue weighted by molar-refractivity contribution is 5.42. The molecule has 0 bridgehead atoms. The molecule has 0 radical (unpaired) electrons. The van der Waals surface area contributed by atoms with Crippen molar-refractivity contribution in [2.24, 2.45) is 11.8 Å². The molecule has 1 aromatic rings. The van der Waals surface area contributed by atoms with Gasteiger partial charge in [-0.3, -0.25) is 0 Å². The maximum atomic E-state index is 11.3. The first-order valence-electron chi connectivity index (χ1n) is 12.1. The van der Waals surface area contributed by atoms with E-state index in [0.29, 0.717) is 5.92 Å². The molecule has 1 aromatic carbocycles. The third kappa shape index (κ3) is 6.57. The number of rotatable bonds is 13. The summed E-state index contributed by atoms with van der Waals surface area (Å²) in [4.78, 5) is 0. The molecule has 2 aliphatic carbocycles. The number of hydrogen-bond acceptors (Lipinski definition) is 4. The lowest BCUT2D eigenvalue weighted by Crippen LogP contribution is -2.35. The van der Waals surface area contributed by atoms with Crippen LogP contribution in [0.15, 0.2) is 42.5 Å². The van der Waals surface area contributed by atoms with Gasteiger partial charge in [0.15, 0.2) is 0 Å². The molecule has 168 valence electrons. The van der Waals surface area contributed by atoms with Gasteiger partial charge in [0.2, 0.25) is 0 Å². The standard InChI is InChI=1S/C26H41NO3/c1-2-3-5-12-24(28)16-15-21-13-14-22-19-25(20-26(21,22)29)30-18-9-8-17-27-23-10-6-4-7-11-23/h4,6-7,10-11,15-16,21-22,24-25,27-29H,2-3,5,8-9,12-14,17-20H2,1H3/t21-,22-,24?,25?,26-/m1/s1. The van der Waals surface area contributed by atoms with Gasteiger partial charge in [-0.1, -0.05) is 56.5 Å². The maximum absolute atomic E-state index is 11.3. The van der Waals surface area contributed by atoms with E-state index in [4.69, 9.17) is 4.74 Å². The van der Waals surface area contributed by atoms with Crippen molar-refractivity contribution in [3.8, 4) is 0 Å². The van der Waals surface area contributed by atoms with E-state index in [0.717, 1.165) is 64.5 Å². The van der Waals surface area contributed by atoms with Crippen LogP contribution in [-0.2, 0) is 4.74 Å². The Labute approximate surface area is 182 Å². The third-order valence-corrected chi connectivity index (χ3v) is 6.97. The van der Waals surface area contributed by atoms with Crippen LogP contribution in [0, 0.1) is 11.8 Å². The Kier molecular flexibility index (Phi) is 9.23. The zero-order chi connectivity index (χ0) is 21.2. The van der Waals surface area contributed by atoms with E-state index in [1.165, 1.54) is 18.5 Å². The number of unbranched alkanes of at least 4 members (excludes halogenated alkanes) is 3. The van der Waals surface area contributed by atoms with Gasteiger partial charge in [0.1, 0.15) is 0 Å². The van der Waals surface area contributed by atoms with Crippen molar-refractivity contribution in [1.29, 1.82) is 0 Å². The van der Waals surface area contributed by atoms with Gasteiger partial charge in [-0.15, -0.1) is 0 Å². The number of nitrogens with one attached hydrogen (secondary N) is 1. The summed E-state index contributed by atoms with van der Waals surface area (Å²) in [6, 6.07) is 10.3. The quantitative estimate of drug-likeness (QED) is 0.302. The number of fused-ring (bicyclic) bond motifs is 1. The van der Waals surface area contributed by atoms with Gasteiger partial charge >= 0.3 is 0 Å². The fraction of sp³-hybridized carbons (Fsp3) is 0.692. The number of ether oxygens (including phenoxy) is 1. The molecule has 0 heterocycles. The molecule has 3 N–H and O–H groups in total. The van der Waals surface area contributed by atoms with E-state index in [2.05, 4.69) is 30.4 Å². The average molecular weight is 416 g/mol. The maximum Gasteiger partial charge on any atom is 0.0763 e. The number of anilines is 1. The highest BCUT2D eigenvalue weighted by Crippen LogP contribution is 2.52. The molecule has 0 aromatic heterocycles. The molecule has 4 heteroatoms. The molecule has 0 aliphatic heterocycles. The van der Waals surface area contributed by atoms with E-state index in [9.17, 15) is 10.2 Å². The molecule has 2 unspecified atom stereocenters. The number of benzene rings is 1. The summed E-state index contributed by atoms with van der Waals surface area (Å²) in [7, 11) is 0. The smallest absolute Gasteiger partial charge is 0.0763 e. The van der Waals surface area contributed by atoms with Crippen LogP contribution in [0.3, 0.4) is 0 Å². The Bertz CT molecular complexity index is 634. The molecule has 2 fully saturated rings. The van der Waals surface area contributed by atoms with Crippen LogP contribution < -0.4 is 5.32 Å². The first kappa shape index (κ1) is 23.3.